The number of rotatable bonds is 1. The van der Waals surface area contributed by atoms with Crippen molar-refractivity contribution in [3.8, 4) is 0 Å². The van der Waals surface area contributed by atoms with Gasteiger partial charge in [-0.25, -0.2) is 4.99 Å². The Balaban J connectivity index is 0.00000117. The number of aryl methyl sites for hydroxylation is 1. The van der Waals surface area contributed by atoms with Crippen molar-refractivity contribution in [2.75, 3.05) is 13.1 Å². The number of halogens is 2. The van der Waals surface area contributed by atoms with E-state index in [1.165, 1.54) is 12.2 Å². The maximum Gasteiger partial charge on any atom is 0.586 e. The highest BCUT2D eigenvalue weighted by Crippen LogP contribution is 2.36. The maximum absolute atomic E-state index is 13.0. The van der Waals surface area contributed by atoms with E-state index < -0.39 is 6.29 Å². The van der Waals surface area contributed by atoms with Gasteiger partial charge in [0.05, 0.1) is 6.54 Å². The summed E-state index contributed by atoms with van der Waals surface area (Å²) >= 11 is 0. The van der Waals surface area contributed by atoms with Crippen molar-refractivity contribution in [3.05, 3.63) is 59.1 Å². The van der Waals surface area contributed by atoms with Crippen molar-refractivity contribution in [1.29, 1.82) is 0 Å². The van der Waals surface area contributed by atoms with Crippen molar-refractivity contribution in [2.24, 2.45) is 4.99 Å². The van der Waals surface area contributed by atoms with Gasteiger partial charge in [0.1, 0.15) is 0 Å². The van der Waals surface area contributed by atoms with E-state index in [9.17, 15) is 13.6 Å². The van der Waals surface area contributed by atoms with Crippen LogP contribution in [0.4, 0.5) is 8.78 Å². The van der Waals surface area contributed by atoms with Gasteiger partial charge in [-0.2, -0.15) is 0 Å². The van der Waals surface area contributed by atoms with E-state index in [-0.39, 0.29) is 36.5 Å². The van der Waals surface area contributed by atoms with Gasteiger partial charge < -0.3 is 14.8 Å². The van der Waals surface area contributed by atoms with Crippen LogP contribution in [-0.4, -0.2) is 31.3 Å². The summed E-state index contributed by atoms with van der Waals surface area (Å²) in [6.45, 7) is 6.11. The second kappa shape index (κ2) is 8.46. The summed E-state index contributed by atoms with van der Waals surface area (Å²) in [5.74, 6) is -0.216. The van der Waals surface area contributed by atoms with Crippen molar-refractivity contribution in [1.82, 2.24) is 10.6 Å². The predicted octanol–water partition coefficient (Wildman–Crippen LogP) is 3.08. The highest BCUT2D eigenvalue weighted by Gasteiger charge is 2.45. The minimum Gasteiger partial charge on any atom is -0.396 e. The van der Waals surface area contributed by atoms with Crippen LogP contribution in [0, 0.1) is 6.92 Å². The molecule has 8 heteroatoms. The van der Waals surface area contributed by atoms with Crippen LogP contribution in [0.2, 0.25) is 0 Å². The molecule has 0 radical (unpaired) electrons. The highest BCUT2D eigenvalue weighted by atomic mass is 19.3. The summed E-state index contributed by atoms with van der Waals surface area (Å²) in [5.41, 5.74) is 1.54. The van der Waals surface area contributed by atoms with Gasteiger partial charge in [0.2, 0.25) is 0 Å². The van der Waals surface area contributed by atoms with E-state index in [0.717, 1.165) is 5.56 Å². The molecule has 0 bridgehead atoms. The average Bonchev–Trinajstić information content (AvgIpc) is 2.93. The molecule has 0 saturated carbocycles. The van der Waals surface area contributed by atoms with Crippen LogP contribution in [0.3, 0.4) is 0 Å². The van der Waals surface area contributed by atoms with Crippen molar-refractivity contribution < 1.29 is 23.0 Å². The SMILES string of the molecule is CC.Cc1ccc(C(=O)NC2=NC/C=C3/OC(F)(F)O/C3=C/CN2)cc1. The fourth-order valence-corrected chi connectivity index (χ4v) is 2.15. The molecule has 1 amide bonds. The van der Waals surface area contributed by atoms with Crippen LogP contribution in [-0.2, 0) is 9.47 Å². The molecule has 1 fully saturated rings. The zero-order valence-electron chi connectivity index (χ0n) is 14.8. The van der Waals surface area contributed by atoms with Crippen LogP contribution in [0.1, 0.15) is 29.8 Å². The Morgan fingerprint density at radius 2 is 1.77 bits per heavy atom. The third-order valence-electron chi connectivity index (χ3n) is 3.33. The molecule has 1 saturated heterocycles. The number of guanidine groups is 1. The van der Waals surface area contributed by atoms with Crippen LogP contribution < -0.4 is 10.6 Å². The number of nitrogens with one attached hydrogen (secondary N) is 2. The largest absolute Gasteiger partial charge is 0.586 e. The number of nitrogens with zero attached hydrogens (tertiary/aromatic N) is 1. The normalized spacial score (nSPS) is 21.7. The Bertz CT molecular complexity index is 741. The lowest BCUT2D eigenvalue weighted by atomic mass is 10.1. The Kier molecular flexibility index (Phi) is 6.32. The fraction of sp³-hybridized carbons (Fsp3) is 0.333. The van der Waals surface area contributed by atoms with Crippen LogP contribution in [0.5, 0.6) is 0 Å². The lowest BCUT2D eigenvalue weighted by molar-refractivity contribution is -0.326. The summed E-state index contributed by atoms with van der Waals surface area (Å²) in [6.07, 6.45) is -0.910. The molecule has 0 spiro atoms. The predicted molar refractivity (Wildman–Crippen MR) is 93.6 cm³/mol. The standard InChI is InChI=1S/C16H15F2N3O3.C2H6/c1-10-2-4-11(5-3-10)14(22)21-15-19-8-6-12-13(7-9-20-15)24-16(17,18)23-12;1-2/h2-7H,8-9H2,1H3,(H2,19,20,21,22);1-2H3/b12-6+,13-7+;. The number of carbonyl (C=O) groups excluding carboxylic acids is 1. The van der Waals surface area contributed by atoms with Crippen molar-refractivity contribution in [3.63, 3.8) is 0 Å². The molecule has 26 heavy (non-hydrogen) atoms. The van der Waals surface area contributed by atoms with Crippen molar-refractivity contribution >= 4 is 11.9 Å². The number of fused-ring (bicyclic) bond motifs is 1. The van der Waals surface area contributed by atoms with Gasteiger partial charge in [-0.05, 0) is 31.2 Å². The second-order valence-electron chi connectivity index (χ2n) is 5.19. The summed E-state index contributed by atoms with van der Waals surface area (Å²) < 4.78 is 34.9. The van der Waals surface area contributed by atoms with Crippen LogP contribution in [0.15, 0.2) is 52.9 Å². The molecular weight excluding hydrogens is 344 g/mol. The number of amides is 1. The molecule has 140 valence electrons. The lowest BCUT2D eigenvalue weighted by Crippen LogP contribution is -2.41. The first kappa shape index (κ1) is 19.4. The molecule has 2 heterocycles. The first-order chi connectivity index (χ1) is 12.4. The zero-order valence-corrected chi connectivity index (χ0v) is 14.8. The van der Waals surface area contributed by atoms with Gasteiger partial charge in [-0.15, -0.1) is 8.78 Å². The van der Waals surface area contributed by atoms with E-state index in [4.69, 9.17) is 0 Å². The smallest absolute Gasteiger partial charge is 0.396 e. The van der Waals surface area contributed by atoms with Gasteiger partial charge in [0.25, 0.3) is 5.91 Å². The molecule has 1 aromatic carbocycles. The number of hydrogen-bond acceptors (Lipinski definition) is 5. The highest BCUT2D eigenvalue weighted by molar-refractivity contribution is 6.05. The average molecular weight is 365 g/mol. The Labute approximate surface area is 150 Å². The maximum atomic E-state index is 13.0. The number of carbonyl (C=O) groups is 1. The molecule has 0 atom stereocenters. The molecule has 0 aliphatic carbocycles. The number of hydrogen-bond donors (Lipinski definition) is 2. The molecule has 2 aliphatic heterocycles. The van der Waals surface area contributed by atoms with Crippen LogP contribution >= 0.6 is 0 Å². The molecule has 0 aromatic heterocycles. The number of aliphatic imine (C=N–C) groups is 1. The quantitative estimate of drug-likeness (QED) is 0.802. The van der Waals surface area contributed by atoms with E-state index in [1.807, 2.05) is 32.9 Å². The first-order valence-electron chi connectivity index (χ1n) is 8.26. The van der Waals surface area contributed by atoms with Crippen molar-refractivity contribution in [2.45, 2.75) is 27.1 Å². The van der Waals surface area contributed by atoms with Gasteiger partial charge in [-0.1, -0.05) is 31.5 Å². The molecular formula is C18H21F2N3O3. The van der Waals surface area contributed by atoms with E-state index in [2.05, 4.69) is 25.1 Å². The Hall–Kier alpha value is -2.90. The number of ether oxygens (including phenoxy) is 2. The summed E-state index contributed by atoms with van der Waals surface area (Å²) in [7, 11) is 0. The van der Waals surface area contributed by atoms with E-state index in [0.29, 0.717) is 5.56 Å². The molecule has 6 nitrogen and oxygen atoms in total. The third kappa shape index (κ3) is 5.05. The van der Waals surface area contributed by atoms with E-state index >= 15 is 0 Å². The second-order valence-corrected chi connectivity index (χ2v) is 5.19. The Morgan fingerprint density at radius 1 is 1.15 bits per heavy atom. The minimum atomic E-state index is -3.66. The van der Waals surface area contributed by atoms with Gasteiger partial charge in [-0.3, -0.25) is 10.1 Å². The fourth-order valence-electron chi connectivity index (χ4n) is 2.15. The summed E-state index contributed by atoms with van der Waals surface area (Å²) in [5, 5.41) is 5.49. The molecule has 2 aliphatic rings. The van der Waals surface area contributed by atoms with E-state index in [1.54, 1.807) is 12.1 Å². The Morgan fingerprint density at radius 3 is 2.42 bits per heavy atom. The molecule has 0 unspecified atom stereocenters. The van der Waals surface area contributed by atoms with Gasteiger partial charge in [0, 0.05) is 12.1 Å². The number of alkyl halides is 2. The topological polar surface area (TPSA) is 72.0 Å². The summed E-state index contributed by atoms with van der Waals surface area (Å²) in [4.78, 5) is 16.3. The summed E-state index contributed by atoms with van der Waals surface area (Å²) in [6, 6.07) is 7.08. The first-order valence-corrected chi connectivity index (χ1v) is 8.26. The molecule has 1 aromatic rings. The van der Waals surface area contributed by atoms with Gasteiger partial charge in [0.15, 0.2) is 17.5 Å². The number of benzene rings is 1. The minimum absolute atomic E-state index is 0.0443. The van der Waals surface area contributed by atoms with Crippen LogP contribution in [0.25, 0.3) is 0 Å². The third-order valence-corrected chi connectivity index (χ3v) is 3.33. The monoisotopic (exact) mass is 365 g/mol. The lowest BCUT2D eigenvalue weighted by Gasteiger charge is -2.10. The zero-order chi connectivity index (χ0) is 19.2. The van der Waals surface area contributed by atoms with Gasteiger partial charge >= 0.3 is 6.29 Å². The molecule has 2 N–H and O–H groups in total. The molecule has 3 rings (SSSR count).